The Morgan fingerprint density at radius 2 is 2.00 bits per heavy atom. The topological polar surface area (TPSA) is 41.6 Å². The molecule has 2 aromatic carbocycles. The van der Waals surface area contributed by atoms with E-state index in [9.17, 15) is 18.0 Å². The quantitative estimate of drug-likeness (QED) is 0.838. The van der Waals surface area contributed by atoms with Gasteiger partial charge in [-0.15, -0.1) is 0 Å². The van der Waals surface area contributed by atoms with Crippen LogP contribution in [0.4, 0.5) is 18.0 Å². The predicted molar refractivity (Wildman–Crippen MR) is 90.6 cm³/mol. The van der Waals surface area contributed by atoms with E-state index in [1.807, 2.05) is 6.07 Å². The van der Waals surface area contributed by atoms with E-state index in [4.69, 9.17) is 0 Å². The summed E-state index contributed by atoms with van der Waals surface area (Å²) in [6, 6.07) is 12.3. The van der Waals surface area contributed by atoms with Crippen LogP contribution in [0.3, 0.4) is 0 Å². The first-order chi connectivity index (χ1) is 12.4. The summed E-state index contributed by atoms with van der Waals surface area (Å²) in [5.74, 6) is -0.0727. The van der Waals surface area contributed by atoms with Gasteiger partial charge in [0.15, 0.2) is 0 Å². The molecule has 0 saturated heterocycles. The number of nitrogens with zero attached hydrogens (tertiary/aromatic N) is 1. The number of hydrogen-bond acceptors (Lipinski definition) is 2. The van der Waals surface area contributed by atoms with E-state index in [1.54, 1.807) is 25.2 Å². The highest BCUT2D eigenvalue weighted by Gasteiger charge is 2.40. The van der Waals surface area contributed by atoms with Crippen molar-refractivity contribution in [3.05, 3.63) is 65.5 Å². The zero-order valence-corrected chi connectivity index (χ0v) is 14.2. The lowest BCUT2D eigenvalue weighted by molar-refractivity contribution is -0.0498. The van der Waals surface area contributed by atoms with Gasteiger partial charge in [0.05, 0.1) is 0 Å². The summed E-state index contributed by atoms with van der Waals surface area (Å²) in [6.07, 6.45) is 0.780. The van der Waals surface area contributed by atoms with Crippen LogP contribution in [-0.2, 0) is 6.54 Å². The van der Waals surface area contributed by atoms with Crippen LogP contribution in [0.5, 0.6) is 5.75 Å². The molecule has 0 bridgehead atoms. The van der Waals surface area contributed by atoms with Gasteiger partial charge in [-0.3, -0.25) is 0 Å². The number of ether oxygens (including phenoxy) is 1. The summed E-state index contributed by atoms with van der Waals surface area (Å²) < 4.78 is 41.8. The van der Waals surface area contributed by atoms with Gasteiger partial charge in [-0.05, 0) is 41.8 Å². The Hall–Kier alpha value is -2.70. The number of hydrogen-bond donors (Lipinski definition) is 1. The maximum Gasteiger partial charge on any atom is 0.387 e. The van der Waals surface area contributed by atoms with Crippen LogP contribution >= 0.6 is 0 Å². The largest absolute Gasteiger partial charge is 0.435 e. The minimum Gasteiger partial charge on any atom is -0.435 e. The van der Waals surface area contributed by atoms with Crippen LogP contribution in [0.1, 0.15) is 23.5 Å². The summed E-state index contributed by atoms with van der Waals surface area (Å²) >= 11 is 0. The minimum absolute atomic E-state index is 0.00596. The Kier molecular flexibility index (Phi) is 5.35. The maximum absolute atomic E-state index is 13.3. The Bertz CT molecular complexity index is 768. The molecule has 0 aliphatic heterocycles. The van der Waals surface area contributed by atoms with Crippen molar-refractivity contribution in [3.8, 4) is 5.75 Å². The molecule has 4 nitrogen and oxygen atoms in total. The van der Waals surface area contributed by atoms with Crippen molar-refractivity contribution in [2.75, 3.05) is 7.05 Å². The van der Waals surface area contributed by atoms with Crippen molar-refractivity contribution in [3.63, 3.8) is 0 Å². The highest BCUT2D eigenvalue weighted by molar-refractivity contribution is 5.75. The average Bonchev–Trinajstić information content (AvgIpc) is 3.35. The van der Waals surface area contributed by atoms with Gasteiger partial charge in [0.2, 0.25) is 0 Å². The van der Waals surface area contributed by atoms with Crippen molar-refractivity contribution in [2.45, 2.75) is 31.5 Å². The number of nitrogens with one attached hydrogen (secondary N) is 1. The summed E-state index contributed by atoms with van der Waals surface area (Å²) in [6.45, 7) is -2.53. The summed E-state index contributed by atoms with van der Waals surface area (Å²) in [5.41, 5.74) is 1.68. The SMILES string of the molecule is CN(Cc1ccc(OC(F)F)cc1)C(=O)NC1CC1c1cccc(F)c1. The molecule has 138 valence electrons. The molecule has 3 rings (SSSR count). The first-order valence-electron chi connectivity index (χ1n) is 8.23. The van der Waals surface area contributed by atoms with Crippen molar-refractivity contribution in [2.24, 2.45) is 0 Å². The van der Waals surface area contributed by atoms with E-state index in [-0.39, 0.29) is 29.6 Å². The molecule has 1 aliphatic rings. The third-order valence-corrected chi connectivity index (χ3v) is 4.29. The molecule has 26 heavy (non-hydrogen) atoms. The second kappa shape index (κ2) is 7.68. The van der Waals surface area contributed by atoms with Crippen molar-refractivity contribution in [1.29, 1.82) is 0 Å². The fourth-order valence-electron chi connectivity index (χ4n) is 2.85. The zero-order valence-electron chi connectivity index (χ0n) is 14.2. The Morgan fingerprint density at radius 3 is 2.65 bits per heavy atom. The van der Waals surface area contributed by atoms with Crippen LogP contribution in [0.25, 0.3) is 0 Å². The molecule has 0 aromatic heterocycles. The highest BCUT2D eigenvalue weighted by Crippen LogP contribution is 2.40. The van der Waals surface area contributed by atoms with Gasteiger partial charge < -0.3 is 15.0 Å². The lowest BCUT2D eigenvalue weighted by Crippen LogP contribution is -2.38. The molecule has 1 saturated carbocycles. The van der Waals surface area contributed by atoms with E-state index in [1.165, 1.54) is 29.2 Å². The number of benzene rings is 2. The van der Waals surface area contributed by atoms with Crippen LogP contribution in [-0.4, -0.2) is 30.6 Å². The molecule has 0 heterocycles. The fourth-order valence-corrected chi connectivity index (χ4v) is 2.85. The smallest absolute Gasteiger partial charge is 0.387 e. The monoisotopic (exact) mass is 364 g/mol. The van der Waals surface area contributed by atoms with Gasteiger partial charge in [-0.25, -0.2) is 9.18 Å². The molecule has 2 amide bonds. The van der Waals surface area contributed by atoms with Gasteiger partial charge in [-0.1, -0.05) is 24.3 Å². The van der Waals surface area contributed by atoms with E-state index in [2.05, 4.69) is 10.1 Å². The van der Waals surface area contributed by atoms with Gasteiger partial charge in [0.1, 0.15) is 11.6 Å². The number of halogens is 3. The maximum atomic E-state index is 13.3. The van der Waals surface area contributed by atoms with Crippen molar-refractivity contribution < 1.29 is 22.7 Å². The number of alkyl halides is 2. The van der Waals surface area contributed by atoms with Crippen LogP contribution in [0, 0.1) is 5.82 Å². The Balaban J connectivity index is 1.49. The first kappa shape index (κ1) is 18.1. The lowest BCUT2D eigenvalue weighted by Gasteiger charge is -2.18. The fraction of sp³-hybridized carbons (Fsp3) is 0.316. The molecule has 0 radical (unpaired) electrons. The molecule has 0 spiro atoms. The van der Waals surface area contributed by atoms with Gasteiger partial charge >= 0.3 is 12.6 Å². The van der Waals surface area contributed by atoms with Crippen LogP contribution < -0.4 is 10.1 Å². The standard InChI is InChI=1S/C19H19F3N2O2/c1-24(11-12-5-7-15(8-6-12)26-18(21)22)19(25)23-17-10-16(17)13-3-2-4-14(20)9-13/h2-9,16-18H,10-11H2,1H3,(H,23,25). The minimum atomic E-state index is -2.86. The number of rotatable bonds is 6. The summed E-state index contributed by atoms with van der Waals surface area (Å²) in [4.78, 5) is 13.8. The van der Waals surface area contributed by atoms with Gasteiger partial charge in [0, 0.05) is 25.6 Å². The Morgan fingerprint density at radius 1 is 1.27 bits per heavy atom. The lowest BCUT2D eigenvalue weighted by atomic mass is 10.1. The third-order valence-electron chi connectivity index (χ3n) is 4.29. The number of carbonyl (C=O) groups excluding carboxylic acids is 1. The van der Waals surface area contributed by atoms with Gasteiger partial charge in [0.25, 0.3) is 0 Å². The molecule has 2 unspecified atom stereocenters. The van der Waals surface area contributed by atoms with E-state index in [0.717, 1.165) is 17.5 Å². The number of carbonyl (C=O) groups is 1. The predicted octanol–water partition coefficient (Wildman–Crippen LogP) is 4.12. The van der Waals surface area contributed by atoms with Crippen LogP contribution in [0.2, 0.25) is 0 Å². The normalized spacial score (nSPS) is 18.5. The van der Waals surface area contributed by atoms with Crippen LogP contribution in [0.15, 0.2) is 48.5 Å². The first-order valence-corrected chi connectivity index (χ1v) is 8.23. The number of amides is 2. The molecule has 1 aliphatic carbocycles. The zero-order chi connectivity index (χ0) is 18.7. The molecule has 1 fully saturated rings. The molecule has 2 atom stereocenters. The van der Waals surface area contributed by atoms with Gasteiger partial charge in [-0.2, -0.15) is 8.78 Å². The summed E-state index contributed by atoms with van der Waals surface area (Å²) in [7, 11) is 1.65. The molecular formula is C19H19F3N2O2. The van der Waals surface area contributed by atoms with E-state index in [0.29, 0.717) is 6.54 Å². The molecule has 1 N–H and O–H groups in total. The molecule has 7 heteroatoms. The van der Waals surface area contributed by atoms with E-state index < -0.39 is 6.61 Å². The Labute approximate surface area is 149 Å². The highest BCUT2D eigenvalue weighted by atomic mass is 19.3. The second-order valence-electron chi connectivity index (χ2n) is 6.33. The third kappa shape index (κ3) is 4.68. The van der Waals surface area contributed by atoms with E-state index >= 15 is 0 Å². The average molecular weight is 364 g/mol. The molecule has 2 aromatic rings. The molecular weight excluding hydrogens is 345 g/mol. The second-order valence-corrected chi connectivity index (χ2v) is 6.33. The number of urea groups is 1. The summed E-state index contributed by atoms with van der Waals surface area (Å²) in [5, 5.41) is 2.92. The van der Waals surface area contributed by atoms with Crippen molar-refractivity contribution in [1.82, 2.24) is 10.2 Å². The van der Waals surface area contributed by atoms with Crippen molar-refractivity contribution >= 4 is 6.03 Å².